The van der Waals surface area contributed by atoms with Crippen molar-refractivity contribution >= 4 is 5.57 Å². The maximum Gasteiger partial charge on any atom is 0.201 e. The SMILES string of the molecule is C=CC1CC=C(c2ccc(OCC)c(F)c2F)CC1. The molecule has 1 aliphatic carbocycles. The zero-order valence-electron chi connectivity index (χ0n) is 11.1. The monoisotopic (exact) mass is 264 g/mol. The van der Waals surface area contributed by atoms with Crippen molar-refractivity contribution in [2.24, 2.45) is 5.92 Å². The van der Waals surface area contributed by atoms with Crippen LogP contribution in [0.15, 0.2) is 30.9 Å². The molecule has 0 bridgehead atoms. The number of hydrogen-bond donors (Lipinski definition) is 0. The third-order valence-corrected chi connectivity index (χ3v) is 3.48. The Balaban J connectivity index is 2.29. The van der Waals surface area contributed by atoms with Crippen LogP contribution in [0.4, 0.5) is 8.78 Å². The van der Waals surface area contributed by atoms with Crippen molar-refractivity contribution in [2.45, 2.75) is 26.2 Å². The Labute approximate surface area is 112 Å². The lowest BCUT2D eigenvalue weighted by molar-refractivity contribution is 0.314. The smallest absolute Gasteiger partial charge is 0.201 e. The Kier molecular flexibility index (Phi) is 4.35. The molecule has 1 aromatic rings. The van der Waals surface area contributed by atoms with Gasteiger partial charge in [0.2, 0.25) is 5.82 Å². The summed E-state index contributed by atoms with van der Waals surface area (Å²) in [6.07, 6.45) is 6.42. The molecule has 19 heavy (non-hydrogen) atoms. The van der Waals surface area contributed by atoms with Crippen LogP contribution in [0.5, 0.6) is 5.75 Å². The predicted octanol–water partition coefficient (Wildman–Crippen LogP) is 4.73. The highest BCUT2D eigenvalue weighted by molar-refractivity contribution is 5.67. The van der Waals surface area contributed by atoms with Gasteiger partial charge in [-0.3, -0.25) is 0 Å². The van der Waals surface area contributed by atoms with E-state index in [9.17, 15) is 8.78 Å². The summed E-state index contributed by atoms with van der Waals surface area (Å²) in [5.41, 5.74) is 1.22. The normalized spacial score (nSPS) is 18.9. The predicted molar refractivity (Wildman–Crippen MR) is 73.0 cm³/mol. The van der Waals surface area contributed by atoms with E-state index in [2.05, 4.69) is 6.58 Å². The van der Waals surface area contributed by atoms with Crippen molar-refractivity contribution in [1.82, 2.24) is 0 Å². The van der Waals surface area contributed by atoms with Gasteiger partial charge in [-0.1, -0.05) is 12.2 Å². The molecule has 0 aromatic heterocycles. The summed E-state index contributed by atoms with van der Waals surface area (Å²) in [5, 5.41) is 0. The molecule has 3 heteroatoms. The van der Waals surface area contributed by atoms with Crippen molar-refractivity contribution in [3.05, 3.63) is 48.1 Å². The topological polar surface area (TPSA) is 9.23 Å². The molecular formula is C16H18F2O. The first kappa shape index (κ1) is 13.8. The molecule has 102 valence electrons. The molecule has 0 radical (unpaired) electrons. The fraction of sp³-hybridized carbons (Fsp3) is 0.375. The second-order valence-corrected chi connectivity index (χ2v) is 4.67. The Hall–Kier alpha value is -1.64. The minimum Gasteiger partial charge on any atom is -0.491 e. The first-order valence-electron chi connectivity index (χ1n) is 6.60. The van der Waals surface area contributed by atoms with Crippen LogP contribution in [-0.4, -0.2) is 6.61 Å². The molecule has 0 aliphatic heterocycles. The van der Waals surface area contributed by atoms with Crippen LogP contribution in [0.25, 0.3) is 5.57 Å². The van der Waals surface area contributed by atoms with E-state index < -0.39 is 11.6 Å². The van der Waals surface area contributed by atoms with Crippen LogP contribution in [0.2, 0.25) is 0 Å². The average molecular weight is 264 g/mol. The third-order valence-electron chi connectivity index (χ3n) is 3.48. The number of benzene rings is 1. The Morgan fingerprint density at radius 2 is 2.16 bits per heavy atom. The fourth-order valence-corrected chi connectivity index (χ4v) is 2.36. The Morgan fingerprint density at radius 1 is 1.37 bits per heavy atom. The zero-order chi connectivity index (χ0) is 13.8. The first-order valence-corrected chi connectivity index (χ1v) is 6.60. The zero-order valence-corrected chi connectivity index (χ0v) is 11.1. The van der Waals surface area contributed by atoms with Crippen molar-refractivity contribution in [2.75, 3.05) is 6.61 Å². The Morgan fingerprint density at radius 3 is 2.74 bits per heavy atom. The highest BCUT2D eigenvalue weighted by atomic mass is 19.2. The largest absolute Gasteiger partial charge is 0.491 e. The lowest BCUT2D eigenvalue weighted by Gasteiger charge is -2.20. The van der Waals surface area contributed by atoms with E-state index in [1.807, 2.05) is 12.2 Å². The summed E-state index contributed by atoms with van der Waals surface area (Å²) in [6, 6.07) is 3.10. The molecule has 1 nitrogen and oxygen atoms in total. The molecule has 0 heterocycles. The van der Waals surface area contributed by atoms with E-state index in [1.54, 1.807) is 13.0 Å². The van der Waals surface area contributed by atoms with Gasteiger partial charge in [-0.05, 0) is 49.8 Å². The van der Waals surface area contributed by atoms with Gasteiger partial charge in [0.25, 0.3) is 0 Å². The van der Waals surface area contributed by atoms with E-state index in [4.69, 9.17) is 4.74 Å². The molecule has 0 N–H and O–H groups in total. The minimum atomic E-state index is -0.897. The van der Waals surface area contributed by atoms with Gasteiger partial charge >= 0.3 is 0 Å². The van der Waals surface area contributed by atoms with Gasteiger partial charge in [0, 0.05) is 5.56 Å². The van der Waals surface area contributed by atoms with Crippen LogP contribution in [0.3, 0.4) is 0 Å². The number of rotatable bonds is 4. The van der Waals surface area contributed by atoms with Crippen molar-refractivity contribution < 1.29 is 13.5 Å². The average Bonchev–Trinajstić information content (AvgIpc) is 2.45. The molecule has 0 saturated heterocycles. The molecule has 0 amide bonds. The number of hydrogen-bond acceptors (Lipinski definition) is 1. The van der Waals surface area contributed by atoms with Crippen molar-refractivity contribution in [3.8, 4) is 5.75 Å². The summed E-state index contributed by atoms with van der Waals surface area (Å²) in [7, 11) is 0. The first-order chi connectivity index (χ1) is 9.17. The van der Waals surface area contributed by atoms with Crippen LogP contribution < -0.4 is 4.74 Å². The fourth-order valence-electron chi connectivity index (χ4n) is 2.36. The van der Waals surface area contributed by atoms with Crippen molar-refractivity contribution in [1.29, 1.82) is 0 Å². The molecule has 2 rings (SSSR count). The molecule has 1 aliphatic rings. The van der Waals surface area contributed by atoms with Gasteiger partial charge in [0.1, 0.15) is 0 Å². The van der Waals surface area contributed by atoms with Crippen LogP contribution in [0, 0.1) is 17.6 Å². The third kappa shape index (κ3) is 2.86. The lowest BCUT2D eigenvalue weighted by Crippen LogP contribution is -2.05. The number of halogens is 2. The molecular weight excluding hydrogens is 246 g/mol. The summed E-state index contributed by atoms with van der Waals surface area (Å²) in [4.78, 5) is 0. The summed E-state index contributed by atoms with van der Waals surface area (Å²) >= 11 is 0. The van der Waals surface area contributed by atoms with Gasteiger partial charge in [-0.15, -0.1) is 6.58 Å². The summed E-state index contributed by atoms with van der Waals surface area (Å²) in [5.74, 6) is -1.29. The standard InChI is InChI=1S/C16H18F2O/c1-3-11-5-7-12(8-6-11)13-9-10-14(19-4-2)16(18)15(13)17/h3,7,9-11H,1,4-6,8H2,2H3. The van der Waals surface area contributed by atoms with Crippen molar-refractivity contribution in [3.63, 3.8) is 0 Å². The lowest BCUT2D eigenvalue weighted by atomic mass is 9.86. The minimum absolute atomic E-state index is 0.0240. The van der Waals surface area contributed by atoms with Crippen LogP contribution in [-0.2, 0) is 0 Å². The Bertz CT molecular complexity index is 506. The molecule has 1 unspecified atom stereocenters. The molecule has 1 atom stereocenters. The second-order valence-electron chi connectivity index (χ2n) is 4.67. The molecule has 1 aromatic carbocycles. The summed E-state index contributed by atoms with van der Waals surface area (Å²) in [6.45, 7) is 5.83. The number of ether oxygens (including phenoxy) is 1. The van der Waals surface area contributed by atoms with Gasteiger partial charge in [0.15, 0.2) is 11.6 Å². The number of allylic oxidation sites excluding steroid dienone is 3. The maximum atomic E-state index is 14.0. The molecule has 0 saturated carbocycles. The highest BCUT2D eigenvalue weighted by Crippen LogP contribution is 2.34. The van der Waals surface area contributed by atoms with Gasteiger partial charge < -0.3 is 4.74 Å². The highest BCUT2D eigenvalue weighted by Gasteiger charge is 2.19. The van der Waals surface area contributed by atoms with E-state index in [0.29, 0.717) is 18.1 Å². The quantitative estimate of drug-likeness (QED) is 0.714. The van der Waals surface area contributed by atoms with Gasteiger partial charge in [-0.25, -0.2) is 4.39 Å². The summed E-state index contributed by atoms with van der Waals surface area (Å²) < 4.78 is 32.9. The van der Waals surface area contributed by atoms with Crippen LogP contribution >= 0.6 is 0 Å². The molecule has 0 fully saturated rings. The maximum absolute atomic E-state index is 14.0. The van der Waals surface area contributed by atoms with Gasteiger partial charge in [-0.2, -0.15) is 4.39 Å². The van der Waals surface area contributed by atoms with Gasteiger partial charge in [0.05, 0.1) is 6.61 Å². The van der Waals surface area contributed by atoms with E-state index >= 15 is 0 Å². The van der Waals surface area contributed by atoms with E-state index in [1.165, 1.54) is 6.07 Å². The molecule has 0 spiro atoms. The van der Waals surface area contributed by atoms with E-state index in [-0.39, 0.29) is 5.75 Å². The van der Waals surface area contributed by atoms with E-state index in [0.717, 1.165) is 24.8 Å². The van der Waals surface area contributed by atoms with Crippen LogP contribution in [0.1, 0.15) is 31.7 Å². The second kappa shape index (κ2) is 6.00.